The van der Waals surface area contributed by atoms with E-state index in [1.165, 1.54) is 0 Å². The van der Waals surface area contributed by atoms with Crippen molar-refractivity contribution in [3.8, 4) is 0 Å². The summed E-state index contributed by atoms with van der Waals surface area (Å²) in [4.78, 5) is 8.73. The molecule has 0 unspecified atom stereocenters. The minimum absolute atomic E-state index is 0.128. The van der Waals surface area contributed by atoms with Crippen LogP contribution in [-0.2, 0) is 0 Å². The zero-order chi connectivity index (χ0) is 15.1. The highest BCUT2D eigenvalue weighted by Gasteiger charge is 2.19. The van der Waals surface area contributed by atoms with Gasteiger partial charge in [-0.25, -0.2) is 0 Å². The van der Waals surface area contributed by atoms with Gasteiger partial charge in [-0.2, -0.15) is 5.10 Å². The summed E-state index contributed by atoms with van der Waals surface area (Å²) in [5.41, 5.74) is 2.51. The monoisotopic (exact) mass is 496 g/mol. The predicted octanol–water partition coefficient (Wildman–Crippen LogP) is 5.11. The third kappa shape index (κ3) is 2.91. The maximum Gasteiger partial charge on any atom is 0.149 e. The lowest BCUT2D eigenvalue weighted by Crippen LogP contribution is -2.11. The maximum atomic E-state index is 6.25. The quantitative estimate of drug-likeness (QED) is 0.462. The first kappa shape index (κ1) is 15.5. The normalized spacial score (nSPS) is 12.8. The Hall–Kier alpha value is -0.440. The van der Waals surface area contributed by atoms with Crippen molar-refractivity contribution in [1.82, 2.24) is 19.7 Å². The third-order valence-corrected chi connectivity index (χ3v) is 4.74. The lowest BCUT2D eigenvalue weighted by atomic mass is 10.2. The van der Waals surface area contributed by atoms with E-state index in [1.54, 1.807) is 18.5 Å². The largest absolute Gasteiger partial charge is 0.256 e. The smallest absolute Gasteiger partial charge is 0.149 e. The van der Waals surface area contributed by atoms with E-state index in [4.69, 9.17) is 23.2 Å². The van der Waals surface area contributed by atoms with Crippen LogP contribution in [0.5, 0.6) is 0 Å². The molecule has 0 fully saturated rings. The molecule has 108 valence electrons. The molecule has 3 aromatic heterocycles. The highest BCUT2D eigenvalue weighted by Crippen LogP contribution is 2.30. The van der Waals surface area contributed by atoms with Crippen molar-refractivity contribution >= 4 is 72.8 Å². The van der Waals surface area contributed by atoms with Crippen LogP contribution in [0, 0.1) is 3.70 Å². The van der Waals surface area contributed by atoms with Crippen molar-refractivity contribution in [2.24, 2.45) is 0 Å². The molecule has 0 amide bonds. The van der Waals surface area contributed by atoms with Crippen LogP contribution < -0.4 is 0 Å². The molecule has 0 aromatic carbocycles. The van der Waals surface area contributed by atoms with Gasteiger partial charge in [-0.1, -0.05) is 23.2 Å². The van der Waals surface area contributed by atoms with E-state index < -0.39 is 0 Å². The average Bonchev–Trinajstić information content (AvgIpc) is 2.75. The molecule has 1 atom stereocenters. The van der Waals surface area contributed by atoms with Gasteiger partial charge in [0, 0.05) is 16.9 Å². The number of nitrogens with zero attached hydrogens (tertiary/aromatic N) is 4. The SMILES string of the molecule is C[C@H](c1ncc(Cl)cc1Cl)n1nc(I)c2ncc(Br)cc21. The topological polar surface area (TPSA) is 43.6 Å². The summed E-state index contributed by atoms with van der Waals surface area (Å²) in [6.45, 7) is 1.99. The van der Waals surface area contributed by atoms with Gasteiger partial charge >= 0.3 is 0 Å². The van der Waals surface area contributed by atoms with E-state index in [-0.39, 0.29) is 6.04 Å². The number of rotatable bonds is 2. The Bertz CT molecular complexity index is 836. The van der Waals surface area contributed by atoms with E-state index in [0.717, 1.165) is 24.9 Å². The van der Waals surface area contributed by atoms with Crippen LogP contribution >= 0.6 is 61.7 Å². The fourth-order valence-electron chi connectivity index (χ4n) is 2.10. The predicted molar refractivity (Wildman–Crippen MR) is 96.0 cm³/mol. The highest BCUT2D eigenvalue weighted by atomic mass is 127. The molecular formula is C13H8BrCl2IN4. The number of halogens is 4. The Labute approximate surface area is 153 Å². The van der Waals surface area contributed by atoms with Crippen LogP contribution in [0.3, 0.4) is 0 Å². The minimum atomic E-state index is -0.128. The van der Waals surface area contributed by atoms with Crippen LogP contribution in [0.15, 0.2) is 29.0 Å². The molecule has 3 rings (SSSR count). The van der Waals surface area contributed by atoms with Gasteiger partial charge in [0.1, 0.15) is 9.22 Å². The van der Waals surface area contributed by atoms with Gasteiger partial charge in [0.25, 0.3) is 0 Å². The first-order valence-electron chi connectivity index (χ1n) is 5.97. The second-order valence-electron chi connectivity index (χ2n) is 4.45. The summed E-state index contributed by atoms with van der Waals surface area (Å²) in [5.74, 6) is 0. The van der Waals surface area contributed by atoms with Gasteiger partial charge in [0.05, 0.1) is 27.3 Å². The molecule has 0 saturated heterocycles. The van der Waals surface area contributed by atoms with Gasteiger partial charge < -0.3 is 0 Å². The van der Waals surface area contributed by atoms with E-state index >= 15 is 0 Å². The van der Waals surface area contributed by atoms with Crippen LogP contribution in [0.25, 0.3) is 11.0 Å². The van der Waals surface area contributed by atoms with Crippen molar-refractivity contribution in [1.29, 1.82) is 0 Å². The molecular weight excluding hydrogens is 490 g/mol. The summed E-state index contributed by atoms with van der Waals surface area (Å²) < 4.78 is 3.61. The summed E-state index contributed by atoms with van der Waals surface area (Å²) in [7, 11) is 0. The zero-order valence-electron chi connectivity index (χ0n) is 10.7. The Morgan fingerprint density at radius 2 is 2.00 bits per heavy atom. The number of pyridine rings is 2. The van der Waals surface area contributed by atoms with Crippen molar-refractivity contribution < 1.29 is 0 Å². The number of hydrogen-bond donors (Lipinski definition) is 0. The molecule has 3 aromatic rings. The second-order valence-corrected chi connectivity index (χ2v) is 7.23. The summed E-state index contributed by atoms with van der Waals surface area (Å²) >= 11 is 17.8. The first-order valence-corrected chi connectivity index (χ1v) is 8.60. The molecule has 3 heterocycles. The summed E-state index contributed by atoms with van der Waals surface area (Å²) in [6, 6.07) is 3.54. The van der Waals surface area contributed by atoms with Crippen LogP contribution in [-0.4, -0.2) is 19.7 Å². The van der Waals surface area contributed by atoms with Gasteiger partial charge in [-0.15, -0.1) is 0 Å². The standard InChI is InChI=1S/C13H8BrCl2IN4/c1-6(11-9(16)3-8(15)5-19-11)21-10-2-7(14)4-18-12(10)13(17)20-21/h2-6H,1H3/t6-/m1/s1. The Kier molecular flexibility index (Phi) is 4.40. The average molecular weight is 498 g/mol. The Balaban J connectivity index is 2.17. The first-order chi connectivity index (χ1) is 9.97. The zero-order valence-corrected chi connectivity index (χ0v) is 15.9. The van der Waals surface area contributed by atoms with E-state index in [1.807, 2.05) is 17.7 Å². The Morgan fingerprint density at radius 1 is 1.24 bits per heavy atom. The summed E-state index contributed by atoms with van der Waals surface area (Å²) in [5, 5.41) is 5.60. The molecule has 0 aliphatic heterocycles. The van der Waals surface area contributed by atoms with Crippen molar-refractivity contribution in [3.05, 3.63) is 48.4 Å². The van der Waals surface area contributed by atoms with Gasteiger partial charge in [-0.05, 0) is 57.6 Å². The van der Waals surface area contributed by atoms with Gasteiger partial charge in [-0.3, -0.25) is 14.6 Å². The molecule has 0 N–H and O–H groups in total. The van der Waals surface area contributed by atoms with Gasteiger partial charge in [0.15, 0.2) is 0 Å². The molecule has 0 radical (unpaired) electrons. The lowest BCUT2D eigenvalue weighted by molar-refractivity contribution is 0.566. The third-order valence-electron chi connectivity index (χ3n) is 3.07. The molecule has 0 spiro atoms. The van der Waals surface area contributed by atoms with Gasteiger partial charge in [0.2, 0.25) is 0 Å². The molecule has 4 nitrogen and oxygen atoms in total. The lowest BCUT2D eigenvalue weighted by Gasteiger charge is -2.14. The van der Waals surface area contributed by atoms with Crippen molar-refractivity contribution in [2.75, 3.05) is 0 Å². The molecule has 0 aliphatic carbocycles. The van der Waals surface area contributed by atoms with Crippen molar-refractivity contribution in [3.63, 3.8) is 0 Å². The maximum absolute atomic E-state index is 6.25. The molecule has 8 heteroatoms. The van der Waals surface area contributed by atoms with E-state index in [0.29, 0.717) is 10.0 Å². The van der Waals surface area contributed by atoms with E-state index in [2.05, 4.69) is 53.6 Å². The number of aromatic nitrogens is 4. The second kappa shape index (κ2) is 5.98. The fraction of sp³-hybridized carbons (Fsp3) is 0.154. The number of hydrogen-bond acceptors (Lipinski definition) is 3. The molecule has 0 aliphatic rings. The van der Waals surface area contributed by atoms with E-state index in [9.17, 15) is 0 Å². The van der Waals surface area contributed by atoms with Crippen LogP contribution in [0.1, 0.15) is 18.7 Å². The Morgan fingerprint density at radius 3 is 2.71 bits per heavy atom. The molecule has 0 bridgehead atoms. The minimum Gasteiger partial charge on any atom is -0.256 e. The molecule has 21 heavy (non-hydrogen) atoms. The number of fused-ring (bicyclic) bond motifs is 1. The van der Waals surface area contributed by atoms with Crippen LogP contribution in [0.2, 0.25) is 10.0 Å². The highest BCUT2D eigenvalue weighted by molar-refractivity contribution is 14.1. The summed E-state index contributed by atoms with van der Waals surface area (Å²) in [6.07, 6.45) is 3.35. The molecule has 0 saturated carbocycles. The van der Waals surface area contributed by atoms with Crippen LogP contribution in [0.4, 0.5) is 0 Å². The fourth-order valence-corrected chi connectivity index (χ4v) is 3.61. The van der Waals surface area contributed by atoms with Crippen molar-refractivity contribution in [2.45, 2.75) is 13.0 Å².